The molecule has 9 heavy (non-hydrogen) atoms. The predicted octanol–water partition coefficient (Wildman–Crippen LogP) is 2.86. The SMILES string of the molecule is C.Cl.Cl.[Zr][C]1=CC=CC1. The molecule has 0 nitrogen and oxygen atoms in total. The zero-order chi connectivity index (χ0) is 4.41. The quantitative estimate of drug-likeness (QED) is 0.615. The van der Waals surface area contributed by atoms with E-state index in [-0.39, 0.29) is 32.2 Å². The van der Waals surface area contributed by atoms with E-state index < -0.39 is 0 Å². The van der Waals surface area contributed by atoms with E-state index in [1.54, 1.807) is 28.0 Å². The fraction of sp³-hybridized carbons (Fsp3) is 0.333. The Morgan fingerprint density at radius 1 is 1.33 bits per heavy atom. The van der Waals surface area contributed by atoms with Gasteiger partial charge in [-0.2, -0.15) is 0 Å². The molecule has 0 saturated carbocycles. The minimum absolute atomic E-state index is 0. The molecule has 1 rings (SSSR count). The normalized spacial score (nSPS) is 12.1. The van der Waals surface area contributed by atoms with Crippen LogP contribution in [-0.4, -0.2) is 0 Å². The Bertz CT molecular complexity index is 108. The van der Waals surface area contributed by atoms with Crippen LogP contribution in [0.15, 0.2) is 21.5 Å². The Morgan fingerprint density at radius 2 is 1.89 bits per heavy atom. The summed E-state index contributed by atoms with van der Waals surface area (Å²) in [5.41, 5.74) is 0. The first-order chi connectivity index (χ1) is 2.89. The van der Waals surface area contributed by atoms with Crippen LogP contribution in [0.4, 0.5) is 0 Å². The molecule has 0 bridgehead atoms. The Kier molecular flexibility index (Phi) is 16.4. The number of allylic oxidation sites excluding steroid dienone is 4. The van der Waals surface area contributed by atoms with Gasteiger partial charge in [0.25, 0.3) is 0 Å². The van der Waals surface area contributed by atoms with E-state index in [0.717, 1.165) is 0 Å². The van der Waals surface area contributed by atoms with Crippen LogP contribution in [-0.2, 0) is 24.7 Å². The number of halogens is 2. The van der Waals surface area contributed by atoms with Crippen LogP contribution in [0.3, 0.4) is 0 Å². The summed E-state index contributed by atoms with van der Waals surface area (Å²) in [6, 6.07) is 0. The molecule has 53 valence electrons. The van der Waals surface area contributed by atoms with Gasteiger partial charge < -0.3 is 0 Å². The van der Waals surface area contributed by atoms with Crippen molar-refractivity contribution in [2.45, 2.75) is 13.8 Å². The van der Waals surface area contributed by atoms with Gasteiger partial charge in [-0.3, -0.25) is 0 Å². The molecule has 1 aliphatic carbocycles. The third kappa shape index (κ3) is 6.83. The van der Waals surface area contributed by atoms with Crippen molar-refractivity contribution in [3.63, 3.8) is 0 Å². The first-order valence-corrected chi connectivity index (χ1v) is 3.20. The van der Waals surface area contributed by atoms with Gasteiger partial charge in [-0.1, -0.05) is 7.43 Å². The maximum atomic E-state index is 2.18. The maximum absolute atomic E-state index is 2.18. The Morgan fingerprint density at radius 3 is 2.00 bits per heavy atom. The van der Waals surface area contributed by atoms with Gasteiger partial charge >= 0.3 is 52.6 Å². The molecular formula is C6H11Cl2Zr. The van der Waals surface area contributed by atoms with Gasteiger partial charge in [0.05, 0.1) is 0 Å². The molecule has 1 aliphatic rings. The second-order valence-electron chi connectivity index (χ2n) is 1.32. The fourth-order valence-corrected chi connectivity index (χ4v) is 0.973. The zero-order valence-corrected chi connectivity index (χ0v) is 8.35. The summed E-state index contributed by atoms with van der Waals surface area (Å²) in [4.78, 5) is 0. The summed E-state index contributed by atoms with van der Waals surface area (Å²) in [6.45, 7) is 0. The molecule has 0 aliphatic heterocycles. The average molecular weight is 245 g/mol. The molecule has 0 heterocycles. The molecule has 0 saturated heterocycles. The van der Waals surface area contributed by atoms with Crippen LogP contribution in [0, 0.1) is 0 Å². The molecule has 0 unspecified atom stereocenters. The molecule has 0 N–H and O–H groups in total. The number of hydrogen-bond donors (Lipinski definition) is 0. The topological polar surface area (TPSA) is 0 Å². The van der Waals surface area contributed by atoms with Gasteiger partial charge in [-0.05, 0) is 0 Å². The molecule has 0 aromatic rings. The van der Waals surface area contributed by atoms with Crippen LogP contribution in [0.5, 0.6) is 0 Å². The standard InChI is InChI=1S/C5H5.CH4.2ClH.Zr/c1-2-4-5-3-1;;;;/h1-3H,4H2;1H4;2*1H;. The molecule has 0 atom stereocenters. The van der Waals surface area contributed by atoms with Gasteiger partial charge in [0.2, 0.25) is 0 Å². The third-order valence-electron chi connectivity index (χ3n) is 0.771. The molecule has 0 aromatic carbocycles. The fourth-order valence-electron chi connectivity index (χ4n) is 0.447. The molecule has 0 radical (unpaired) electrons. The van der Waals surface area contributed by atoms with Crippen molar-refractivity contribution in [1.82, 2.24) is 0 Å². The van der Waals surface area contributed by atoms with E-state index in [2.05, 4.69) is 18.2 Å². The Hall–Kier alpha value is 0.943. The predicted molar refractivity (Wildman–Crippen MR) is 43.1 cm³/mol. The number of rotatable bonds is 0. The second-order valence-corrected chi connectivity index (χ2v) is 2.90. The van der Waals surface area contributed by atoms with Crippen LogP contribution in [0.2, 0.25) is 0 Å². The third-order valence-corrected chi connectivity index (χ3v) is 1.68. The molecule has 0 fully saturated rings. The van der Waals surface area contributed by atoms with Crippen LogP contribution in [0.25, 0.3) is 0 Å². The van der Waals surface area contributed by atoms with E-state index in [1.165, 1.54) is 6.42 Å². The van der Waals surface area contributed by atoms with E-state index in [9.17, 15) is 0 Å². The van der Waals surface area contributed by atoms with Gasteiger partial charge in [0.1, 0.15) is 0 Å². The molecular weight excluding hydrogens is 234 g/mol. The molecule has 0 spiro atoms. The zero-order valence-electron chi connectivity index (χ0n) is 4.26. The Labute approximate surface area is 84.5 Å². The van der Waals surface area contributed by atoms with Crippen molar-refractivity contribution in [2.75, 3.05) is 0 Å². The second kappa shape index (κ2) is 8.94. The monoisotopic (exact) mass is 243 g/mol. The van der Waals surface area contributed by atoms with Gasteiger partial charge in [-0.15, -0.1) is 24.8 Å². The first-order valence-electron chi connectivity index (χ1n) is 1.97. The summed E-state index contributed by atoms with van der Waals surface area (Å²) in [5.74, 6) is 0. The van der Waals surface area contributed by atoms with Crippen molar-refractivity contribution in [3.8, 4) is 0 Å². The van der Waals surface area contributed by atoms with E-state index in [1.807, 2.05) is 0 Å². The average Bonchev–Trinajstić information content (AvgIpc) is 1.86. The van der Waals surface area contributed by atoms with E-state index in [4.69, 9.17) is 0 Å². The van der Waals surface area contributed by atoms with Gasteiger partial charge in [0.15, 0.2) is 0 Å². The molecule has 0 amide bonds. The van der Waals surface area contributed by atoms with Crippen molar-refractivity contribution < 1.29 is 24.7 Å². The summed E-state index contributed by atoms with van der Waals surface area (Å²) < 4.78 is 1.56. The first kappa shape index (κ1) is 16.5. The summed E-state index contributed by atoms with van der Waals surface area (Å²) in [7, 11) is 0. The summed E-state index contributed by atoms with van der Waals surface area (Å²) in [6.07, 6.45) is 7.69. The van der Waals surface area contributed by atoms with Crippen molar-refractivity contribution in [2.24, 2.45) is 0 Å². The summed E-state index contributed by atoms with van der Waals surface area (Å²) >= 11 is 1.56. The van der Waals surface area contributed by atoms with E-state index in [0.29, 0.717) is 0 Å². The summed E-state index contributed by atoms with van der Waals surface area (Å²) in [5, 5.41) is 0. The van der Waals surface area contributed by atoms with Crippen LogP contribution in [0.1, 0.15) is 13.8 Å². The van der Waals surface area contributed by atoms with Crippen molar-refractivity contribution in [3.05, 3.63) is 21.5 Å². The van der Waals surface area contributed by atoms with Gasteiger partial charge in [0, 0.05) is 0 Å². The van der Waals surface area contributed by atoms with E-state index >= 15 is 0 Å². The van der Waals surface area contributed by atoms with Gasteiger partial charge in [-0.25, -0.2) is 0 Å². The number of hydrogen-bond acceptors (Lipinski definition) is 0. The Balaban J connectivity index is -0.000000120. The van der Waals surface area contributed by atoms with Crippen molar-refractivity contribution >= 4 is 24.8 Å². The minimum atomic E-state index is 0. The van der Waals surface area contributed by atoms with Crippen LogP contribution < -0.4 is 0 Å². The molecule has 3 heteroatoms. The van der Waals surface area contributed by atoms with Crippen LogP contribution >= 0.6 is 24.8 Å². The molecule has 0 aromatic heterocycles. The van der Waals surface area contributed by atoms with Crippen molar-refractivity contribution in [1.29, 1.82) is 0 Å².